The van der Waals surface area contributed by atoms with Crippen LogP contribution in [0.4, 0.5) is 16.2 Å². The molecule has 0 atom stereocenters. The summed E-state index contributed by atoms with van der Waals surface area (Å²) < 4.78 is 5.28. The van der Waals surface area contributed by atoms with E-state index in [1.165, 1.54) is 0 Å². The van der Waals surface area contributed by atoms with Gasteiger partial charge in [-0.2, -0.15) is 0 Å². The fraction of sp³-hybridized carbons (Fsp3) is 0.0952. The average molecular weight is 427 g/mol. The molecule has 8 heteroatoms. The molecule has 4 aromatic rings. The van der Waals surface area contributed by atoms with Gasteiger partial charge in [0.15, 0.2) is 5.76 Å². The van der Waals surface area contributed by atoms with Gasteiger partial charge in [0.1, 0.15) is 11.4 Å². The number of hydrogen-bond donors (Lipinski definition) is 2. The van der Waals surface area contributed by atoms with Crippen molar-refractivity contribution in [2.24, 2.45) is 0 Å². The van der Waals surface area contributed by atoms with E-state index in [4.69, 9.17) is 27.7 Å². The highest BCUT2D eigenvalue weighted by Gasteiger charge is 2.21. The second-order valence-corrected chi connectivity index (χ2v) is 7.28. The summed E-state index contributed by atoms with van der Waals surface area (Å²) in [5, 5.41) is 11.4. The van der Waals surface area contributed by atoms with Crippen molar-refractivity contribution in [3.8, 4) is 11.3 Å². The van der Waals surface area contributed by atoms with Crippen molar-refractivity contribution in [2.75, 3.05) is 10.6 Å². The summed E-state index contributed by atoms with van der Waals surface area (Å²) in [4.78, 5) is 17.2. The van der Waals surface area contributed by atoms with E-state index in [-0.39, 0.29) is 0 Å². The summed E-state index contributed by atoms with van der Waals surface area (Å²) in [5.41, 5.74) is 3.50. The molecule has 2 amide bonds. The highest BCUT2D eigenvalue weighted by molar-refractivity contribution is 6.39. The van der Waals surface area contributed by atoms with Crippen LogP contribution in [0.5, 0.6) is 0 Å². The number of pyridine rings is 1. The van der Waals surface area contributed by atoms with Gasteiger partial charge in [-0.15, -0.1) is 0 Å². The fourth-order valence-corrected chi connectivity index (χ4v) is 3.67. The molecule has 0 saturated carbocycles. The zero-order valence-electron chi connectivity index (χ0n) is 15.6. The zero-order chi connectivity index (χ0) is 20.5. The van der Waals surface area contributed by atoms with Crippen LogP contribution in [-0.4, -0.2) is 16.2 Å². The summed E-state index contributed by atoms with van der Waals surface area (Å²) >= 11 is 12.6. The highest BCUT2D eigenvalue weighted by Crippen LogP contribution is 2.39. The van der Waals surface area contributed by atoms with Gasteiger partial charge in [-0.05, 0) is 38.1 Å². The van der Waals surface area contributed by atoms with Crippen molar-refractivity contribution < 1.29 is 9.32 Å². The Bertz CT molecular complexity index is 1220. The maximum absolute atomic E-state index is 12.8. The Hall–Kier alpha value is -3.09. The number of anilines is 2. The summed E-state index contributed by atoms with van der Waals surface area (Å²) in [6.07, 6.45) is 0. The Kier molecular flexibility index (Phi) is 5.13. The number of urea groups is 1. The number of halogens is 2. The normalized spacial score (nSPS) is 10.9. The molecule has 2 N–H and O–H groups in total. The predicted molar refractivity (Wildman–Crippen MR) is 116 cm³/mol. The van der Waals surface area contributed by atoms with E-state index in [9.17, 15) is 4.79 Å². The Morgan fingerprint density at radius 1 is 1.00 bits per heavy atom. The largest absolute Gasteiger partial charge is 0.359 e. The number of carbonyl (C=O) groups excluding carboxylic acids is 1. The van der Waals surface area contributed by atoms with Crippen LogP contribution in [0.2, 0.25) is 10.0 Å². The molecule has 0 bridgehead atoms. The maximum atomic E-state index is 12.8. The number of rotatable bonds is 3. The first-order valence-electron chi connectivity index (χ1n) is 8.79. The van der Waals surface area contributed by atoms with Crippen LogP contribution in [0.15, 0.2) is 53.1 Å². The minimum absolute atomic E-state index is 0.365. The van der Waals surface area contributed by atoms with E-state index in [0.29, 0.717) is 38.4 Å². The van der Waals surface area contributed by atoms with E-state index in [1.807, 2.05) is 37.3 Å². The van der Waals surface area contributed by atoms with Crippen molar-refractivity contribution >= 4 is 51.5 Å². The molecule has 146 valence electrons. The number of aromatic nitrogens is 2. The van der Waals surface area contributed by atoms with Crippen molar-refractivity contribution in [2.45, 2.75) is 13.8 Å². The minimum Gasteiger partial charge on any atom is -0.359 e. The standard InChI is InChI=1S/C21H16Cl2N4O2/c1-11-10-17(13-6-3-4-9-16(13)24-11)25-21(28)26-19-12(2)29-27-20(19)18-14(22)7-5-8-15(18)23/h3-10H,1-2H3,(H2,24,25,26,28). The summed E-state index contributed by atoms with van der Waals surface area (Å²) in [6, 6.07) is 14.1. The van der Waals surface area contributed by atoms with Gasteiger partial charge in [-0.3, -0.25) is 4.98 Å². The van der Waals surface area contributed by atoms with E-state index in [1.54, 1.807) is 25.1 Å². The first kappa shape index (κ1) is 19.2. The zero-order valence-corrected chi connectivity index (χ0v) is 17.1. The molecule has 0 spiro atoms. The van der Waals surface area contributed by atoms with E-state index < -0.39 is 6.03 Å². The van der Waals surface area contributed by atoms with Crippen LogP contribution in [0.1, 0.15) is 11.5 Å². The van der Waals surface area contributed by atoms with Crippen LogP contribution in [0.3, 0.4) is 0 Å². The summed E-state index contributed by atoms with van der Waals surface area (Å²) in [7, 11) is 0. The molecule has 0 saturated heterocycles. The Balaban J connectivity index is 1.67. The number of nitrogens with zero attached hydrogens (tertiary/aromatic N) is 2. The molecule has 4 rings (SSSR count). The van der Waals surface area contributed by atoms with E-state index >= 15 is 0 Å². The number of hydrogen-bond acceptors (Lipinski definition) is 4. The van der Waals surface area contributed by atoms with Gasteiger partial charge in [0.25, 0.3) is 0 Å². The number of aryl methyl sites for hydroxylation is 2. The smallest absolute Gasteiger partial charge is 0.323 e. The predicted octanol–water partition coefficient (Wildman–Crippen LogP) is 6.46. The van der Waals surface area contributed by atoms with Crippen LogP contribution in [0.25, 0.3) is 22.2 Å². The van der Waals surface area contributed by atoms with Gasteiger partial charge >= 0.3 is 6.03 Å². The number of para-hydroxylation sites is 1. The average Bonchev–Trinajstić information content (AvgIpc) is 3.02. The number of benzene rings is 2. The topological polar surface area (TPSA) is 80.0 Å². The second-order valence-electron chi connectivity index (χ2n) is 6.47. The van der Waals surface area contributed by atoms with Crippen molar-refractivity contribution in [3.63, 3.8) is 0 Å². The van der Waals surface area contributed by atoms with Gasteiger partial charge in [-0.25, -0.2) is 4.79 Å². The number of amides is 2. The Morgan fingerprint density at radius 2 is 1.72 bits per heavy atom. The lowest BCUT2D eigenvalue weighted by molar-refractivity contribution is 0.262. The van der Waals surface area contributed by atoms with Gasteiger partial charge in [0, 0.05) is 16.6 Å². The quantitative estimate of drug-likeness (QED) is 0.393. The van der Waals surface area contributed by atoms with Crippen molar-refractivity contribution in [1.82, 2.24) is 10.1 Å². The molecule has 0 unspecified atom stereocenters. The minimum atomic E-state index is -0.448. The van der Waals surface area contributed by atoms with Gasteiger partial charge in [0.05, 0.1) is 21.2 Å². The number of carbonyl (C=O) groups is 1. The van der Waals surface area contributed by atoms with Crippen LogP contribution in [-0.2, 0) is 0 Å². The lowest BCUT2D eigenvalue weighted by atomic mass is 10.1. The molecule has 6 nitrogen and oxygen atoms in total. The third-order valence-corrected chi connectivity index (χ3v) is 5.02. The third kappa shape index (κ3) is 3.77. The Morgan fingerprint density at radius 3 is 2.48 bits per heavy atom. The Labute approximate surface area is 176 Å². The van der Waals surface area contributed by atoms with Crippen LogP contribution < -0.4 is 10.6 Å². The molecule has 29 heavy (non-hydrogen) atoms. The number of fused-ring (bicyclic) bond motifs is 1. The number of nitrogens with one attached hydrogen (secondary N) is 2. The van der Waals surface area contributed by atoms with E-state index in [2.05, 4.69) is 20.8 Å². The third-order valence-electron chi connectivity index (χ3n) is 4.39. The van der Waals surface area contributed by atoms with Gasteiger partial charge in [-0.1, -0.05) is 52.6 Å². The van der Waals surface area contributed by atoms with Crippen LogP contribution in [0, 0.1) is 13.8 Å². The monoisotopic (exact) mass is 426 g/mol. The molecule has 2 heterocycles. The first-order valence-corrected chi connectivity index (χ1v) is 9.54. The van der Waals surface area contributed by atoms with Gasteiger partial charge < -0.3 is 15.2 Å². The van der Waals surface area contributed by atoms with E-state index in [0.717, 1.165) is 16.6 Å². The molecule has 2 aromatic heterocycles. The molecule has 0 aliphatic rings. The lowest BCUT2D eigenvalue weighted by Gasteiger charge is -2.12. The molecule has 0 radical (unpaired) electrons. The molecular weight excluding hydrogens is 411 g/mol. The lowest BCUT2D eigenvalue weighted by Crippen LogP contribution is -2.20. The molecule has 0 aliphatic carbocycles. The maximum Gasteiger partial charge on any atom is 0.323 e. The second kappa shape index (κ2) is 7.73. The van der Waals surface area contributed by atoms with Gasteiger partial charge in [0.2, 0.25) is 0 Å². The van der Waals surface area contributed by atoms with Crippen LogP contribution >= 0.6 is 23.2 Å². The molecule has 0 fully saturated rings. The van der Waals surface area contributed by atoms with Crippen molar-refractivity contribution in [3.05, 3.63) is 70.0 Å². The fourth-order valence-electron chi connectivity index (χ4n) is 3.09. The summed E-state index contributed by atoms with van der Waals surface area (Å²) in [5.74, 6) is 0.432. The molecule has 0 aliphatic heterocycles. The first-order chi connectivity index (χ1) is 13.9. The SMILES string of the molecule is Cc1cc(NC(=O)Nc2c(-c3c(Cl)cccc3Cl)noc2C)c2ccccc2n1. The molecular formula is C21H16Cl2N4O2. The summed E-state index contributed by atoms with van der Waals surface area (Å²) in [6.45, 7) is 3.57. The van der Waals surface area contributed by atoms with Crippen molar-refractivity contribution in [1.29, 1.82) is 0 Å². The highest BCUT2D eigenvalue weighted by atomic mass is 35.5. The molecule has 2 aromatic carbocycles.